The summed E-state index contributed by atoms with van der Waals surface area (Å²) in [6.07, 6.45) is 2.14. The number of hydrogen-bond donors (Lipinski definition) is 1. The van der Waals surface area contributed by atoms with Crippen molar-refractivity contribution >= 4 is 11.8 Å². The number of nitrogens with one attached hydrogen (secondary N) is 1. The quantitative estimate of drug-likeness (QED) is 0.782. The highest BCUT2D eigenvalue weighted by molar-refractivity contribution is 5.89. The number of aryl methyl sites for hydroxylation is 1. The number of likely N-dealkylation sites (tertiary alicyclic amines) is 1. The van der Waals surface area contributed by atoms with Gasteiger partial charge in [0.2, 0.25) is 11.8 Å². The van der Waals surface area contributed by atoms with Gasteiger partial charge in [0, 0.05) is 31.6 Å². The van der Waals surface area contributed by atoms with E-state index in [0.29, 0.717) is 26.1 Å². The molecule has 1 atom stereocenters. The Hall–Kier alpha value is -2.82. The minimum Gasteiger partial charge on any atom is -0.496 e. The molecule has 1 saturated heterocycles. The molecule has 1 N–H and O–H groups in total. The molecule has 0 bridgehead atoms. The fraction of sp³-hybridized carbons (Fsp3) is 0.364. The van der Waals surface area contributed by atoms with Crippen LogP contribution in [0.3, 0.4) is 0 Å². The van der Waals surface area contributed by atoms with Crippen molar-refractivity contribution in [3.05, 3.63) is 65.7 Å². The van der Waals surface area contributed by atoms with E-state index in [2.05, 4.69) is 17.4 Å². The van der Waals surface area contributed by atoms with E-state index in [1.54, 1.807) is 7.11 Å². The van der Waals surface area contributed by atoms with Gasteiger partial charge in [-0.15, -0.1) is 0 Å². The monoisotopic (exact) mass is 366 g/mol. The zero-order valence-electron chi connectivity index (χ0n) is 15.7. The summed E-state index contributed by atoms with van der Waals surface area (Å²) >= 11 is 0. The lowest BCUT2D eigenvalue weighted by Crippen LogP contribution is -2.33. The maximum absolute atomic E-state index is 12.5. The number of benzene rings is 2. The Morgan fingerprint density at radius 1 is 1.15 bits per heavy atom. The highest BCUT2D eigenvalue weighted by Gasteiger charge is 2.33. The first kappa shape index (κ1) is 19.0. The SMILES string of the molecule is COc1ccccc1CNC(=O)C1CC(=O)N(CCCc2ccccc2)C1. The minimum absolute atomic E-state index is 0.0696. The van der Waals surface area contributed by atoms with Crippen LogP contribution in [0.4, 0.5) is 0 Å². The van der Waals surface area contributed by atoms with Crippen molar-refractivity contribution < 1.29 is 14.3 Å². The van der Waals surface area contributed by atoms with Crippen molar-refractivity contribution in [2.75, 3.05) is 20.2 Å². The average molecular weight is 366 g/mol. The Balaban J connectivity index is 1.45. The summed E-state index contributed by atoms with van der Waals surface area (Å²) in [5.74, 6) is 0.479. The van der Waals surface area contributed by atoms with E-state index in [4.69, 9.17) is 4.74 Å². The average Bonchev–Trinajstić information content (AvgIpc) is 3.08. The van der Waals surface area contributed by atoms with Crippen LogP contribution in [0.25, 0.3) is 0 Å². The van der Waals surface area contributed by atoms with Gasteiger partial charge in [-0.25, -0.2) is 0 Å². The van der Waals surface area contributed by atoms with Gasteiger partial charge >= 0.3 is 0 Å². The van der Waals surface area contributed by atoms with Crippen molar-refractivity contribution in [3.8, 4) is 5.75 Å². The van der Waals surface area contributed by atoms with Crippen LogP contribution in [0.5, 0.6) is 5.75 Å². The van der Waals surface area contributed by atoms with E-state index in [1.165, 1.54) is 5.56 Å². The van der Waals surface area contributed by atoms with E-state index in [-0.39, 0.29) is 17.7 Å². The second kappa shape index (κ2) is 9.21. The standard InChI is InChI=1S/C22H26N2O3/c1-27-20-12-6-5-11-18(20)15-23-22(26)19-14-21(25)24(16-19)13-7-10-17-8-3-2-4-9-17/h2-6,8-9,11-12,19H,7,10,13-16H2,1H3,(H,23,26). The van der Waals surface area contributed by atoms with Crippen molar-refractivity contribution in [3.63, 3.8) is 0 Å². The number of methoxy groups -OCH3 is 1. The number of carbonyl (C=O) groups excluding carboxylic acids is 2. The maximum Gasteiger partial charge on any atom is 0.225 e. The van der Waals surface area contributed by atoms with Crippen molar-refractivity contribution in [2.24, 2.45) is 5.92 Å². The van der Waals surface area contributed by atoms with Gasteiger partial charge in [0.25, 0.3) is 0 Å². The lowest BCUT2D eigenvalue weighted by atomic mass is 10.1. The molecule has 5 heteroatoms. The summed E-state index contributed by atoms with van der Waals surface area (Å²) in [7, 11) is 1.61. The van der Waals surface area contributed by atoms with Crippen LogP contribution in [0, 0.1) is 5.92 Å². The molecule has 0 spiro atoms. The number of nitrogens with zero attached hydrogens (tertiary/aromatic N) is 1. The molecule has 0 radical (unpaired) electrons. The molecule has 5 nitrogen and oxygen atoms in total. The minimum atomic E-state index is -0.274. The molecule has 0 saturated carbocycles. The zero-order valence-corrected chi connectivity index (χ0v) is 15.7. The van der Waals surface area contributed by atoms with E-state index < -0.39 is 0 Å². The van der Waals surface area contributed by atoms with Crippen molar-refractivity contribution in [2.45, 2.75) is 25.8 Å². The predicted octanol–water partition coefficient (Wildman–Crippen LogP) is 2.79. The Kier molecular flexibility index (Phi) is 6.47. The molecule has 0 aliphatic carbocycles. The molecule has 2 amide bonds. The van der Waals surface area contributed by atoms with Gasteiger partial charge in [-0.2, -0.15) is 0 Å². The molecule has 3 rings (SSSR count). The lowest BCUT2D eigenvalue weighted by molar-refractivity contribution is -0.129. The number of rotatable bonds is 8. The Labute approximate surface area is 160 Å². The first-order valence-corrected chi connectivity index (χ1v) is 9.38. The third kappa shape index (κ3) is 5.09. The Morgan fingerprint density at radius 2 is 1.89 bits per heavy atom. The largest absolute Gasteiger partial charge is 0.496 e. The van der Waals surface area contributed by atoms with Crippen LogP contribution >= 0.6 is 0 Å². The van der Waals surface area contributed by atoms with Crippen LogP contribution in [0.15, 0.2) is 54.6 Å². The Bertz CT molecular complexity index is 776. The summed E-state index contributed by atoms with van der Waals surface area (Å²) in [6.45, 7) is 1.61. The van der Waals surface area contributed by atoms with E-state index >= 15 is 0 Å². The first-order valence-electron chi connectivity index (χ1n) is 9.38. The molecule has 2 aromatic carbocycles. The van der Waals surface area contributed by atoms with E-state index in [1.807, 2.05) is 47.4 Å². The number of ether oxygens (including phenoxy) is 1. The number of para-hydroxylation sites is 1. The zero-order chi connectivity index (χ0) is 19.1. The third-order valence-electron chi connectivity index (χ3n) is 4.97. The fourth-order valence-corrected chi connectivity index (χ4v) is 3.46. The lowest BCUT2D eigenvalue weighted by Gasteiger charge is -2.17. The molecule has 27 heavy (non-hydrogen) atoms. The molecule has 1 aliphatic rings. The van der Waals surface area contributed by atoms with Crippen LogP contribution in [0.2, 0.25) is 0 Å². The molecule has 1 fully saturated rings. The normalized spacial score (nSPS) is 16.4. The summed E-state index contributed by atoms with van der Waals surface area (Å²) in [4.78, 5) is 26.5. The topological polar surface area (TPSA) is 58.6 Å². The molecule has 2 aromatic rings. The van der Waals surface area contributed by atoms with Crippen LogP contribution in [0.1, 0.15) is 24.0 Å². The molecule has 1 heterocycles. The molecule has 1 aliphatic heterocycles. The predicted molar refractivity (Wildman–Crippen MR) is 104 cm³/mol. The molecular weight excluding hydrogens is 340 g/mol. The maximum atomic E-state index is 12.5. The summed E-state index contributed by atoms with van der Waals surface area (Å²) in [5.41, 5.74) is 2.20. The third-order valence-corrected chi connectivity index (χ3v) is 4.97. The summed E-state index contributed by atoms with van der Waals surface area (Å²) < 4.78 is 5.30. The first-order chi connectivity index (χ1) is 13.2. The van der Waals surface area contributed by atoms with Gasteiger partial charge in [0.15, 0.2) is 0 Å². The molecule has 142 valence electrons. The molecular formula is C22H26N2O3. The van der Waals surface area contributed by atoms with Crippen LogP contribution < -0.4 is 10.1 Å². The van der Waals surface area contributed by atoms with Crippen LogP contribution in [-0.4, -0.2) is 36.9 Å². The highest BCUT2D eigenvalue weighted by Crippen LogP contribution is 2.20. The molecule has 0 aromatic heterocycles. The fourth-order valence-electron chi connectivity index (χ4n) is 3.46. The molecule has 1 unspecified atom stereocenters. The van der Waals surface area contributed by atoms with Gasteiger partial charge in [0.1, 0.15) is 5.75 Å². The van der Waals surface area contributed by atoms with E-state index in [9.17, 15) is 9.59 Å². The van der Waals surface area contributed by atoms with Crippen LogP contribution in [-0.2, 0) is 22.6 Å². The second-order valence-electron chi connectivity index (χ2n) is 6.86. The number of amides is 2. The van der Waals surface area contributed by atoms with Crippen molar-refractivity contribution in [1.82, 2.24) is 10.2 Å². The Morgan fingerprint density at radius 3 is 2.67 bits per heavy atom. The summed E-state index contributed by atoms with van der Waals surface area (Å²) in [6, 6.07) is 17.9. The van der Waals surface area contributed by atoms with Gasteiger partial charge in [-0.1, -0.05) is 48.5 Å². The van der Waals surface area contributed by atoms with Gasteiger partial charge in [-0.05, 0) is 24.5 Å². The second-order valence-corrected chi connectivity index (χ2v) is 6.86. The highest BCUT2D eigenvalue weighted by atomic mass is 16.5. The van der Waals surface area contributed by atoms with Gasteiger partial charge in [-0.3, -0.25) is 9.59 Å². The smallest absolute Gasteiger partial charge is 0.225 e. The number of carbonyl (C=O) groups is 2. The van der Waals surface area contributed by atoms with Gasteiger partial charge < -0.3 is 15.0 Å². The number of hydrogen-bond acceptors (Lipinski definition) is 3. The van der Waals surface area contributed by atoms with Crippen molar-refractivity contribution in [1.29, 1.82) is 0 Å². The van der Waals surface area contributed by atoms with Gasteiger partial charge in [0.05, 0.1) is 13.0 Å². The van der Waals surface area contributed by atoms with E-state index in [0.717, 1.165) is 24.2 Å². The summed E-state index contributed by atoms with van der Waals surface area (Å²) in [5, 5.41) is 2.94.